The van der Waals surface area contributed by atoms with Crippen LogP contribution in [0.2, 0.25) is 0 Å². The fraction of sp³-hybridized carbons (Fsp3) is 0.421. The SMILES string of the molecule is Cn1cc(N2CCN(C(=O)NCCC(C)(O)c3ccccc3)CC2=O)cn1. The van der Waals surface area contributed by atoms with Gasteiger partial charge in [-0.15, -0.1) is 0 Å². The first kappa shape index (κ1) is 18.9. The van der Waals surface area contributed by atoms with Crippen molar-refractivity contribution in [3.05, 3.63) is 48.3 Å². The lowest BCUT2D eigenvalue weighted by Gasteiger charge is -2.33. The first-order chi connectivity index (χ1) is 12.9. The zero-order valence-corrected chi connectivity index (χ0v) is 15.6. The van der Waals surface area contributed by atoms with Gasteiger partial charge in [-0.1, -0.05) is 30.3 Å². The van der Waals surface area contributed by atoms with E-state index in [1.54, 1.807) is 35.9 Å². The third kappa shape index (κ3) is 4.46. The number of amides is 3. The maximum Gasteiger partial charge on any atom is 0.317 e. The second-order valence-electron chi connectivity index (χ2n) is 6.96. The van der Waals surface area contributed by atoms with Gasteiger partial charge in [0.25, 0.3) is 0 Å². The van der Waals surface area contributed by atoms with Gasteiger partial charge in [-0.2, -0.15) is 5.10 Å². The van der Waals surface area contributed by atoms with E-state index in [0.717, 1.165) is 11.3 Å². The molecule has 2 N–H and O–H groups in total. The van der Waals surface area contributed by atoms with Crippen LogP contribution in [0.1, 0.15) is 18.9 Å². The normalized spacial score (nSPS) is 16.9. The number of carbonyl (C=O) groups excluding carboxylic acids is 2. The molecule has 1 aromatic carbocycles. The van der Waals surface area contributed by atoms with Crippen LogP contribution in [0.4, 0.5) is 10.5 Å². The molecule has 144 valence electrons. The number of anilines is 1. The predicted molar refractivity (Wildman–Crippen MR) is 101 cm³/mol. The molecule has 8 heteroatoms. The lowest BCUT2D eigenvalue weighted by molar-refractivity contribution is -0.120. The van der Waals surface area contributed by atoms with E-state index >= 15 is 0 Å². The minimum absolute atomic E-state index is 0.0236. The molecule has 0 radical (unpaired) electrons. The van der Waals surface area contributed by atoms with Gasteiger partial charge in [-0.25, -0.2) is 4.79 Å². The fourth-order valence-corrected chi connectivity index (χ4v) is 3.13. The van der Waals surface area contributed by atoms with Gasteiger partial charge in [-0.05, 0) is 18.9 Å². The van der Waals surface area contributed by atoms with Gasteiger partial charge in [0.05, 0.1) is 17.5 Å². The number of piperazine rings is 1. The first-order valence-corrected chi connectivity index (χ1v) is 8.96. The van der Waals surface area contributed by atoms with Gasteiger partial charge >= 0.3 is 6.03 Å². The van der Waals surface area contributed by atoms with Gasteiger partial charge in [0.15, 0.2) is 0 Å². The number of rotatable bonds is 5. The Balaban J connectivity index is 1.49. The monoisotopic (exact) mass is 371 g/mol. The Hall–Kier alpha value is -2.87. The highest BCUT2D eigenvalue weighted by Gasteiger charge is 2.29. The van der Waals surface area contributed by atoms with Crippen molar-refractivity contribution in [2.24, 2.45) is 7.05 Å². The molecule has 1 aromatic heterocycles. The number of nitrogens with one attached hydrogen (secondary N) is 1. The molecule has 1 aliphatic heterocycles. The van der Waals surface area contributed by atoms with E-state index in [1.807, 2.05) is 30.3 Å². The van der Waals surface area contributed by atoms with Gasteiger partial charge in [0.2, 0.25) is 5.91 Å². The molecular formula is C19H25N5O3. The van der Waals surface area contributed by atoms with Crippen molar-refractivity contribution in [1.82, 2.24) is 20.0 Å². The summed E-state index contributed by atoms with van der Waals surface area (Å²) in [5.74, 6) is -0.138. The summed E-state index contributed by atoms with van der Waals surface area (Å²) in [4.78, 5) is 27.9. The summed E-state index contributed by atoms with van der Waals surface area (Å²) in [5.41, 5.74) is 0.518. The van der Waals surface area contributed by atoms with Crippen LogP contribution in [-0.2, 0) is 17.4 Å². The molecule has 8 nitrogen and oxygen atoms in total. The fourth-order valence-electron chi connectivity index (χ4n) is 3.13. The molecular weight excluding hydrogens is 346 g/mol. The molecule has 2 aromatic rings. The average molecular weight is 371 g/mol. The molecule has 0 spiro atoms. The number of nitrogens with zero attached hydrogens (tertiary/aromatic N) is 4. The van der Waals surface area contributed by atoms with Crippen molar-refractivity contribution >= 4 is 17.6 Å². The summed E-state index contributed by atoms with van der Waals surface area (Å²) in [7, 11) is 1.79. The lowest BCUT2D eigenvalue weighted by Crippen LogP contribution is -2.55. The molecule has 1 fully saturated rings. The topological polar surface area (TPSA) is 90.7 Å². The quantitative estimate of drug-likeness (QED) is 0.823. The van der Waals surface area contributed by atoms with Gasteiger partial charge in [0.1, 0.15) is 6.54 Å². The van der Waals surface area contributed by atoms with Crippen molar-refractivity contribution in [3.63, 3.8) is 0 Å². The highest BCUT2D eigenvalue weighted by atomic mass is 16.3. The number of carbonyl (C=O) groups is 2. The van der Waals surface area contributed by atoms with Crippen LogP contribution >= 0.6 is 0 Å². The number of benzene rings is 1. The first-order valence-electron chi connectivity index (χ1n) is 8.96. The van der Waals surface area contributed by atoms with Crippen molar-refractivity contribution in [2.45, 2.75) is 18.9 Å². The van der Waals surface area contributed by atoms with E-state index < -0.39 is 5.60 Å². The van der Waals surface area contributed by atoms with Crippen LogP contribution in [0, 0.1) is 0 Å². The molecule has 2 heterocycles. The summed E-state index contributed by atoms with van der Waals surface area (Å²) in [6.07, 6.45) is 3.80. The van der Waals surface area contributed by atoms with Crippen molar-refractivity contribution < 1.29 is 14.7 Å². The summed E-state index contributed by atoms with van der Waals surface area (Å²) in [6, 6.07) is 9.06. The zero-order chi connectivity index (χ0) is 19.4. The van der Waals surface area contributed by atoms with Gasteiger partial charge in [0, 0.05) is 32.9 Å². The zero-order valence-electron chi connectivity index (χ0n) is 15.6. The smallest absolute Gasteiger partial charge is 0.317 e. The van der Waals surface area contributed by atoms with Crippen LogP contribution in [0.3, 0.4) is 0 Å². The van der Waals surface area contributed by atoms with E-state index in [1.165, 1.54) is 4.90 Å². The van der Waals surface area contributed by atoms with Crippen molar-refractivity contribution in [1.29, 1.82) is 0 Å². The Bertz CT molecular complexity index is 803. The van der Waals surface area contributed by atoms with Crippen molar-refractivity contribution in [2.75, 3.05) is 31.1 Å². The Kier molecular flexibility index (Phi) is 5.46. The maximum absolute atomic E-state index is 12.4. The Morgan fingerprint density at radius 3 is 2.67 bits per heavy atom. The molecule has 27 heavy (non-hydrogen) atoms. The highest BCUT2D eigenvalue weighted by molar-refractivity contribution is 5.97. The van der Waals surface area contributed by atoms with Crippen LogP contribution in [0.5, 0.6) is 0 Å². The number of aryl methyl sites for hydroxylation is 1. The van der Waals surface area contributed by atoms with E-state index in [9.17, 15) is 14.7 Å². The van der Waals surface area contributed by atoms with Gasteiger partial charge < -0.3 is 20.2 Å². The van der Waals surface area contributed by atoms with Crippen LogP contribution in [0.15, 0.2) is 42.7 Å². The number of aromatic nitrogens is 2. The minimum atomic E-state index is -1.02. The number of aliphatic hydroxyl groups is 1. The Labute approximate surface area is 158 Å². The summed E-state index contributed by atoms with van der Waals surface area (Å²) < 4.78 is 1.64. The number of hydrogen-bond donors (Lipinski definition) is 2. The molecule has 0 saturated carbocycles. The molecule has 1 unspecified atom stereocenters. The second-order valence-corrected chi connectivity index (χ2v) is 6.96. The minimum Gasteiger partial charge on any atom is -0.385 e. The third-order valence-electron chi connectivity index (χ3n) is 4.79. The van der Waals surface area contributed by atoms with Crippen LogP contribution in [-0.4, -0.2) is 57.9 Å². The molecule has 1 aliphatic rings. The second kappa shape index (κ2) is 7.79. The van der Waals surface area contributed by atoms with Crippen LogP contribution < -0.4 is 10.2 Å². The predicted octanol–water partition coefficient (Wildman–Crippen LogP) is 1.08. The van der Waals surface area contributed by atoms with E-state index in [-0.39, 0.29) is 18.5 Å². The molecule has 3 rings (SSSR count). The standard InChI is InChI=1S/C19H25N5O3/c1-19(27,15-6-4-3-5-7-15)8-9-20-18(26)23-10-11-24(17(25)14-23)16-12-21-22(2)13-16/h3-7,12-13,27H,8-11,14H2,1-2H3,(H,20,26). The average Bonchev–Trinajstić information content (AvgIpc) is 3.08. The van der Waals surface area contributed by atoms with E-state index in [0.29, 0.717) is 26.1 Å². The Morgan fingerprint density at radius 1 is 1.30 bits per heavy atom. The van der Waals surface area contributed by atoms with E-state index in [2.05, 4.69) is 10.4 Å². The molecule has 3 amide bonds. The highest BCUT2D eigenvalue weighted by Crippen LogP contribution is 2.23. The molecule has 1 atom stereocenters. The third-order valence-corrected chi connectivity index (χ3v) is 4.79. The number of urea groups is 1. The molecule has 1 saturated heterocycles. The largest absolute Gasteiger partial charge is 0.385 e. The maximum atomic E-state index is 12.4. The summed E-state index contributed by atoms with van der Waals surface area (Å²) in [5, 5.41) is 17.5. The molecule has 0 aliphatic carbocycles. The van der Waals surface area contributed by atoms with Crippen molar-refractivity contribution in [3.8, 4) is 0 Å². The lowest BCUT2D eigenvalue weighted by atomic mass is 9.93. The van der Waals surface area contributed by atoms with Gasteiger partial charge in [-0.3, -0.25) is 9.48 Å². The summed E-state index contributed by atoms with van der Waals surface area (Å²) >= 11 is 0. The Morgan fingerprint density at radius 2 is 2.04 bits per heavy atom. The molecule has 0 bridgehead atoms. The number of hydrogen-bond acceptors (Lipinski definition) is 4. The van der Waals surface area contributed by atoms with Crippen LogP contribution in [0.25, 0.3) is 0 Å². The summed E-state index contributed by atoms with van der Waals surface area (Å²) in [6.45, 7) is 2.94. The van der Waals surface area contributed by atoms with E-state index in [4.69, 9.17) is 0 Å².